The molecule has 6 heteroatoms. The van der Waals surface area contributed by atoms with E-state index in [-0.39, 0.29) is 0 Å². The quantitative estimate of drug-likeness (QED) is 0.869. The van der Waals surface area contributed by atoms with Crippen LogP contribution in [0.1, 0.15) is 21.3 Å². The van der Waals surface area contributed by atoms with Crippen molar-refractivity contribution in [2.75, 3.05) is 26.2 Å². The Hall–Kier alpha value is -0.820. The Morgan fingerprint density at radius 2 is 1.90 bits per heavy atom. The van der Waals surface area contributed by atoms with Crippen molar-refractivity contribution >= 4 is 22.7 Å². The molecule has 3 heterocycles. The van der Waals surface area contributed by atoms with Crippen molar-refractivity contribution in [2.24, 2.45) is 0 Å². The molecule has 108 valence electrons. The summed E-state index contributed by atoms with van der Waals surface area (Å²) in [4.78, 5) is 6.55. The second-order valence-corrected chi connectivity index (χ2v) is 7.50. The fourth-order valence-corrected chi connectivity index (χ4v) is 4.05. The number of aryl methyl sites for hydroxylation is 1. The van der Waals surface area contributed by atoms with E-state index in [4.69, 9.17) is 0 Å². The van der Waals surface area contributed by atoms with E-state index in [1.165, 1.54) is 24.4 Å². The molecule has 0 aromatic carbocycles. The predicted octanol–water partition coefficient (Wildman–Crippen LogP) is 2.62. The van der Waals surface area contributed by atoms with Gasteiger partial charge in [-0.15, -0.1) is 32.9 Å². The van der Waals surface area contributed by atoms with Crippen molar-refractivity contribution in [1.29, 1.82) is 0 Å². The molecule has 2 aromatic rings. The lowest BCUT2D eigenvalue weighted by Crippen LogP contribution is -2.30. The van der Waals surface area contributed by atoms with Gasteiger partial charge in [-0.2, -0.15) is 0 Å². The van der Waals surface area contributed by atoms with Crippen LogP contribution in [-0.2, 0) is 13.1 Å². The Balaban J connectivity index is 1.51. The van der Waals surface area contributed by atoms with Crippen molar-refractivity contribution in [3.05, 3.63) is 32.4 Å². The molecule has 1 fully saturated rings. The summed E-state index contributed by atoms with van der Waals surface area (Å²) < 4.78 is 0. The average molecular weight is 308 g/mol. The van der Waals surface area contributed by atoms with Gasteiger partial charge >= 0.3 is 0 Å². The maximum atomic E-state index is 4.24. The highest BCUT2D eigenvalue weighted by Gasteiger charge is 2.16. The third-order valence-electron chi connectivity index (χ3n) is 3.57. The van der Waals surface area contributed by atoms with Crippen molar-refractivity contribution in [3.8, 4) is 0 Å². The SMILES string of the molecule is Cc1nnc(CN2CCCN(Cc3cccs3)CC2)s1. The molecule has 20 heavy (non-hydrogen) atoms. The third kappa shape index (κ3) is 3.85. The highest BCUT2D eigenvalue weighted by atomic mass is 32.1. The summed E-state index contributed by atoms with van der Waals surface area (Å²) in [6.45, 7) is 8.72. The van der Waals surface area contributed by atoms with Crippen molar-refractivity contribution in [2.45, 2.75) is 26.4 Å². The highest BCUT2D eigenvalue weighted by molar-refractivity contribution is 7.11. The minimum Gasteiger partial charge on any atom is -0.297 e. The lowest BCUT2D eigenvalue weighted by Gasteiger charge is -2.20. The maximum absolute atomic E-state index is 4.24. The molecule has 0 amide bonds. The first-order valence-corrected chi connectivity index (χ1v) is 8.75. The second-order valence-electron chi connectivity index (χ2n) is 5.20. The van der Waals surface area contributed by atoms with Crippen LogP contribution in [0.4, 0.5) is 0 Å². The first-order chi connectivity index (χ1) is 9.79. The lowest BCUT2D eigenvalue weighted by atomic mass is 10.3. The Labute approximate surface area is 128 Å². The summed E-state index contributed by atoms with van der Waals surface area (Å²) >= 11 is 3.57. The summed E-state index contributed by atoms with van der Waals surface area (Å²) in [6, 6.07) is 4.37. The van der Waals surface area contributed by atoms with E-state index in [0.29, 0.717) is 0 Å². The monoisotopic (exact) mass is 308 g/mol. The molecular weight excluding hydrogens is 288 g/mol. The first kappa shape index (κ1) is 14.1. The van der Waals surface area contributed by atoms with E-state index in [2.05, 4.69) is 37.5 Å². The van der Waals surface area contributed by atoms with Crippen LogP contribution in [0.3, 0.4) is 0 Å². The van der Waals surface area contributed by atoms with E-state index < -0.39 is 0 Å². The minimum atomic E-state index is 0.957. The largest absolute Gasteiger partial charge is 0.297 e. The lowest BCUT2D eigenvalue weighted by molar-refractivity contribution is 0.248. The van der Waals surface area contributed by atoms with Crippen molar-refractivity contribution in [3.63, 3.8) is 0 Å². The highest BCUT2D eigenvalue weighted by Crippen LogP contribution is 2.16. The van der Waals surface area contributed by atoms with Gasteiger partial charge in [0.15, 0.2) is 0 Å². The smallest absolute Gasteiger partial charge is 0.131 e. The van der Waals surface area contributed by atoms with Crippen LogP contribution in [0.5, 0.6) is 0 Å². The number of hydrogen-bond acceptors (Lipinski definition) is 6. The zero-order valence-corrected chi connectivity index (χ0v) is 13.4. The Morgan fingerprint density at radius 3 is 2.55 bits per heavy atom. The van der Waals surface area contributed by atoms with Crippen LogP contribution in [0.2, 0.25) is 0 Å². The van der Waals surface area contributed by atoms with Crippen LogP contribution in [0, 0.1) is 6.92 Å². The van der Waals surface area contributed by atoms with Gasteiger partial charge < -0.3 is 0 Å². The zero-order chi connectivity index (χ0) is 13.8. The van der Waals surface area contributed by atoms with Gasteiger partial charge in [0.05, 0.1) is 6.54 Å². The van der Waals surface area contributed by atoms with Crippen molar-refractivity contribution in [1.82, 2.24) is 20.0 Å². The topological polar surface area (TPSA) is 32.3 Å². The minimum absolute atomic E-state index is 0.957. The normalized spacial score (nSPS) is 18.2. The predicted molar refractivity (Wildman–Crippen MR) is 84.1 cm³/mol. The average Bonchev–Trinajstić information content (AvgIpc) is 3.01. The van der Waals surface area contributed by atoms with E-state index in [1.807, 2.05) is 18.3 Å². The van der Waals surface area contributed by atoms with Gasteiger partial charge in [-0.3, -0.25) is 9.80 Å². The molecule has 2 aromatic heterocycles. The van der Waals surface area contributed by atoms with Crippen LogP contribution in [0.25, 0.3) is 0 Å². The van der Waals surface area contributed by atoms with Crippen LogP contribution in [0.15, 0.2) is 17.5 Å². The molecule has 1 aliphatic heterocycles. The molecule has 0 aliphatic carbocycles. The summed E-state index contributed by atoms with van der Waals surface area (Å²) in [5.41, 5.74) is 0. The molecule has 0 bridgehead atoms. The van der Waals surface area contributed by atoms with E-state index in [0.717, 1.165) is 36.2 Å². The second kappa shape index (κ2) is 6.76. The molecule has 0 atom stereocenters. The van der Waals surface area contributed by atoms with Gasteiger partial charge in [0.1, 0.15) is 10.0 Å². The first-order valence-electron chi connectivity index (χ1n) is 7.06. The summed E-state index contributed by atoms with van der Waals surface area (Å²) in [5, 5.41) is 12.7. The summed E-state index contributed by atoms with van der Waals surface area (Å²) in [6.07, 6.45) is 1.24. The molecule has 0 N–H and O–H groups in total. The van der Waals surface area contributed by atoms with Crippen molar-refractivity contribution < 1.29 is 0 Å². The van der Waals surface area contributed by atoms with Crippen LogP contribution >= 0.6 is 22.7 Å². The zero-order valence-electron chi connectivity index (χ0n) is 11.8. The third-order valence-corrected chi connectivity index (χ3v) is 5.25. The number of nitrogens with zero attached hydrogens (tertiary/aromatic N) is 4. The Bertz CT molecular complexity index is 523. The summed E-state index contributed by atoms with van der Waals surface area (Å²) in [5.74, 6) is 0. The fraction of sp³-hybridized carbons (Fsp3) is 0.571. The van der Waals surface area contributed by atoms with Crippen LogP contribution < -0.4 is 0 Å². The molecule has 0 unspecified atom stereocenters. The summed E-state index contributed by atoms with van der Waals surface area (Å²) in [7, 11) is 0. The number of aromatic nitrogens is 2. The van der Waals surface area contributed by atoms with Crippen LogP contribution in [-0.4, -0.2) is 46.2 Å². The molecular formula is C14H20N4S2. The molecule has 1 saturated heterocycles. The Morgan fingerprint density at radius 1 is 1.10 bits per heavy atom. The maximum Gasteiger partial charge on any atom is 0.131 e. The van der Waals surface area contributed by atoms with Gasteiger partial charge in [0.25, 0.3) is 0 Å². The van der Waals surface area contributed by atoms with Gasteiger partial charge in [-0.1, -0.05) is 6.07 Å². The van der Waals surface area contributed by atoms with Gasteiger partial charge in [0, 0.05) is 24.5 Å². The standard InChI is InChI=1S/C14H20N4S2/c1-12-15-16-14(20-12)11-18-6-3-5-17(7-8-18)10-13-4-2-9-19-13/h2,4,9H,3,5-8,10-11H2,1H3. The molecule has 4 nitrogen and oxygen atoms in total. The Kier molecular flexibility index (Phi) is 4.77. The van der Waals surface area contributed by atoms with E-state index in [9.17, 15) is 0 Å². The van der Waals surface area contributed by atoms with E-state index >= 15 is 0 Å². The molecule has 0 spiro atoms. The molecule has 0 saturated carbocycles. The van der Waals surface area contributed by atoms with Gasteiger partial charge in [-0.25, -0.2) is 0 Å². The number of thiophene rings is 1. The number of rotatable bonds is 4. The van der Waals surface area contributed by atoms with E-state index in [1.54, 1.807) is 11.3 Å². The van der Waals surface area contributed by atoms with Gasteiger partial charge in [-0.05, 0) is 37.9 Å². The van der Waals surface area contributed by atoms with Gasteiger partial charge in [0.2, 0.25) is 0 Å². The molecule has 0 radical (unpaired) electrons. The number of hydrogen-bond donors (Lipinski definition) is 0. The fourth-order valence-electron chi connectivity index (χ4n) is 2.56. The molecule has 1 aliphatic rings. The molecule has 3 rings (SSSR count).